The second kappa shape index (κ2) is 36.2. The largest absolute Gasteiger partial charge is 0.383 e. The van der Waals surface area contributed by atoms with E-state index in [1.54, 1.807) is 52.3 Å². The van der Waals surface area contributed by atoms with Crippen LogP contribution in [0, 0.1) is 27.7 Å². The van der Waals surface area contributed by atoms with E-state index in [9.17, 15) is 19.2 Å². The van der Waals surface area contributed by atoms with E-state index in [0.29, 0.717) is 19.8 Å². The van der Waals surface area contributed by atoms with Gasteiger partial charge in [0.25, 0.3) is 0 Å². The molecule has 0 bridgehead atoms. The summed E-state index contributed by atoms with van der Waals surface area (Å²) < 4.78 is 20.8. The Hall–Kier alpha value is -3.76. The van der Waals surface area contributed by atoms with Crippen molar-refractivity contribution in [3.8, 4) is 0 Å². The highest BCUT2D eigenvalue weighted by atomic mass is 35.5. The number of amides is 4. The predicted molar refractivity (Wildman–Crippen MR) is 304 cm³/mol. The van der Waals surface area contributed by atoms with Crippen LogP contribution in [-0.2, 0) is 63.8 Å². The number of benzene rings is 3. The number of alkyl halides is 4. The third-order valence-corrected chi connectivity index (χ3v) is 13.4. The molecular weight excluding hydrogens is 1020 g/mol. The maximum Gasteiger partial charge on any atom is 0.243 e. The Labute approximate surface area is 455 Å². The molecule has 17 heteroatoms. The van der Waals surface area contributed by atoms with Crippen LogP contribution >= 0.6 is 57.7 Å². The van der Waals surface area contributed by atoms with Crippen LogP contribution in [0.4, 0.5) is 22.7 Å². The molecule has 3 aromatic carbocycles. The maximum absolute atomic E-state index is 12.2. The Bertz CT molecular complexity index is 2220. The highest BCUT2D eigenvalue weighted by molar-refractivity contribution is 7.10. The Morgan fingerprint density at radius 2 is 0.875 bits per heavy atom. The first-order valence-corrected chi connectivity index (χ1v) is 27.3. The number of hydrogen-bond donors (Lipinski definition) is 0. The number of anilines is 4. The van der Waals surface area contributed by atoms with E-state index >= 15 is 0 Å². The Morgan fingerprint density at radius 3 is 1.24 bits per heavy atom. The van der Waals surface area contributed by atoms with E-state index < -0.39 is 0 Å². The highest BCUT2D eigenvalue weighted by Crippen LogP contribution is 2.33. The predicted octanol–water partition coefficient (Wildman–Crippen LogP) is 12.2. The maximum atomic E-state index is 12.2. The molecular formula is C55H80Cl4N4O8S. The molecule has 0 aliphatic rings. The first kappa shape index (κ1) is 66.3. The first-order valence-electron chi connectivity index (χ1n) is 24.3. The Morgan fingerprint density at radius 1 is 0.500 bits per heavy atom. The molecule has 0 aliphatic carbocycles. The van der Waals surface area contributed by atoms with E-state index in [0.717, 1.165) is 92.3 Å². The number of hydrogen-bond acceptors (Lipinski definition) is 9. The van der Waals surface area contributed by atoms with E-state index in [2.05, 4.69) is 39.1 Å². The molecule has 72 heavy (non-hydrogen) atoms. The van der Waals surface area contributed by atoms with Crippen LogP contribution in [0.25, 0.3) is 0 Å². The monoisotopic (exact) mass is 1100 g/mol. The zero-order chi connectivity index (χ0) is 54.5. The summed E-state index contributed by atoms with van der Waals surface area (Å²) in [6.45, 7) is 24.2. The van der Waals surface area contributed by atoms with Crippen LogP contribution in [0.2, 0.25) is 0 Å². The van der Waals surface area contributed by atoms with Crippen LogP contribution in [0.15, 0.2) is 60.0 Å². The van der Waals surface area contributed by atoms with Crippen LogP contribution in [0.3, 0.4) is 0 Å². The molecule has 4 aromatic rings. The van der Waals surface area contributed by atoms with Gasteiger partial charge in [-0.25, -0.2) is 0 Å². The summed E-state index contributed by atoms with van der Waals surface area (Å²) >= 11 is 24.4. The quantitative estimate of drug-likeness (QED) is 0.0532. The van der Waals surface area contributed by atoms with Gasteiger partial charge in [0.05, 0.1) is 48.0 Å². The Kier molecular flexibility index (Phi) is 33.3. The van der Waals surface area contributed by atoms with Gasteiger partial charge in [-0.05, 0) is 118 Å². The number of rotatable bonds is 23. The van der Waals surface area contributed by atoms with Crippen molar-refractivity contribution in [1.82, 2.24) is 0 Å². The number of aryl methyl sites for hydroxylation is 8. The van der Waals surface area contributed by atoms with Gasteiger partial charge < -0.3 is 28.7 Å². The minimum Gasteiger partial charge on any atom is -0.383 e. The van der Waals surface area contributed by atoms with E-state index in [1.165, 1.54) is 0 Å². The standard InChI is InChI=1S/C15H22ClNO2.2C14H20ClNO2.C12H18ClNO2S/c1-5-13-8-6-7-11(2)15(13)17(14(18)9-16)12(3)10-19-4;1-4-11-7-6-8-12(5-2)14(11)16(10-18-3)13(17)9-15;1-4-12-8-6-7-11(3)14(12)16(10-18-5-2)13(17)9-15;1-8-7-17-10(3)12(8)14(11(15)5-13)9(2)6-16-4/h6-8,12H,5,9-10H2,1-4H3;2*6-8H,4-5,9-10H2,1-3H3;7,9H,5-6H2,1-4H3. The SMILES string of the molecule is CCOCN(C(=O)CCl)c1c(C)cccc1CC.CCc1cccc(C)c1N(C(=O)CCl)C(C)COC.CCc1cccc(CC)c1N(COC)C(=O)CCl.COCC(C)N(C(=O)CCl)c1c(C)csc1C. The number of halogens is 4. The number of carbonyl (C=O) groups is 4. The summed E-state index contributed by atoms with van der Waals surface area (Å²) in [6.07, 6.45) is 3.50. The lowest BCUT2D eigenvalue weighted by Crippen LogP contribution is -2.43. The second-order valence-corrected chi connectivity index (χ2v) is 18.8. The zero-order valence-corrected chi connectivity index (χ0v) is 48.9. The summed E-state index contributed by atoms with van der Waals surface area (Å²) in [5.41, 5.74) is 11.7. The van der Waals surface area contributed by atoms with Gasteiger partial charge in [-0.1, -0.05) is 82.3 Å². The first-order chi connectivity index (χ1) is 34.4. The van der Waals surface area contributed by atoms with Crippen molar-refractivity contribution in [3.05, 3.63) is 104 Å². The van der Waals surface area contributed by atoms with Crippen LogP contribution in [0.5, 0.6) is 0 Å². The third-order valence-electron chi connectivity index (χ3n) is 11.5. The second-order valence-electron chi connectivity index (χ2n) is 16.7. The number of nitrogens with zero attached hydrogens (tertiary/aromatic N) is 4. The van der Waals surface area contributed by atoms with E-state index in [4.69, 9.17) is 65.4 Å². The van der Waals surface area contributed by atoms with Gasteiger partial charge in [-0.15, -0.1) is 57.7 Å². The summed E-state index contributed by atoms with van der Waals surface area (Å²) in [7, 11) is 4.85. The topological polar surface area (TPSA) is 118 Å². The van der Waals surface area contributed by atoms with Gasteiger partial charge in [0.2, 0.25) is 23.6 Å². The summed E-state index contributed by atoms with van der Waals surface area (Å²) in [5, 5.41) is 2.05. The molecule has 0 N–H and O–H groups in total. The fourth-order valence-corrected chi connectivity index (χ4v) is 9.53. The molecule has 2 unspecified atom stereocenters. The minimum absolute atomic E-state index is 0.0111. The Balaban J connectivity index is 0.000000480. The molecule has 1 heterocycles. The molecule has 0 fully saturated rings. The number of para-hydroxylation sites is 3. The lowest BCUT2D eigenvalue weighted by Gasteiger charge is -2.31. The molecule has 0 spiro atoms. The van der Waals surface area contributed by atoms with Crippen molar-refractivity contribution in [3.63, 3.8) is 0 Å². The normalized spacial score (nSPS) is 11.4. The van der Waals surface area contributed by atoms with Crippen LogP contribution < -0.4 is 19.6 Å². The third kappa shape index (κ3) is 19.5. The van der Waals surface area contributed by atoms with Gasteiger partial charge in [0.15, 0.2) is 0 Å². The molecule has 0 radical (unpaired) electrons. The number of methoxy groups -OCH3 is 3. The van der Waals surface area contributed by atoms with Gasteiger partial charge in [0.1, 0.15) is 37.0 Å². The molecule has 0 aliphatic heterocycles. The lowest BCUT2D eigenvalue weighted by molar-refractivity contribution is -0.118. The zero-order valence-electron chi connectivity index (χ0n) is 45.1. The minimum atomic E-state index is -0.130. The molecule has 402 valence electrons. The molecule has 2 atom stereocenters. The van der Waals surface area contributed by atoms with Crippen molar-refractivity contribution in [2.24, 2.45) is 0 Å². The number of thiophene rings is 1. The molecule has 1 aromatic heterocycles. The van der Waals surface area contributed by atoms with Gasteiger partial charge >= 0.3 is 0 Å². The molecule has 0 saturated heterocycles. The average Bonchev–Trinajstić information content (AvgIpc) is 3.72. The smallest absolute Gasteiger partial charge is 0.243 e. The van der Waals surface area contributed by atoms with Crippen molar-refractivity contribution in [2.75, 3.05) is 97.7 Å². The molecule has 4 amide bonds. The van der Waals surface area contributed by atoms with Crippen LogP contribution in [0.1, 0.15) is 92.3 Å². The van der Waals surface area contributed by atoms with Gasteiger partial charge in [0, 0.05) is 32.8 Å². The molecule has 4 rings (SSSR count). The molecule has 12 nitrogen and oxygen atoms in total. The highest BCUT2D eigenvalue weighted by Gasteiger charge is 2.27. The van der Waals surface area contributed by atoms with E-state index in [1.807, 2.05) is 97.0 Å². The number of carbonyl (C=O) groups excluding carboxylic acids is 4. The van der Waals surface area contributed by atoms with Crippen molar-refractivity contribution in [1.29, 1.82) is 0 Å². The van der Waals surface area contributed by atoms with Crippen molar-refractivity contribution >= 4 is 104 Å². The number of ether oxygens (including phenoxy) is 4. The lowest BCUT2D eigenvalue weighted by atomic mass is 10.0. The summed E-state index contributed by atoms with van der Waals surface area (Å²) in [5.74, 6) is -0.539. The molecule has 0 saturated carbocycles. The van der Waals surface area contributed by atoms with Crippen molar-refractivity contribution < 1.29 is 38.1 Å². The van der Waals surface area contributed by atoms with Gasteiger partial charge in [-0.2, -0.15) is 0 Å². The van der Waals surface area contributed by atoms with Crippen LogP contribution in [-0.4, -0.2) is 114 Å². The van der Waals surface area contributed by atoms with Gasteiger partial charge in [-0.3, -0.25) is 29.0 Å². The fourth-order valence-electron chi connectivity index (χ4n) is 8.15. The summed E-state index contributed by atoms with van der Waals surface area (Å²) in [4.78, 5) is 56.0. The summed E-state index contributed by atoms with van der Waals surface area (Å²) in [6, 6.07) is 18.2. The van der Waals surface area contributed by atoms with Crippen molar-refractivity contribution in [2.45, 2.75) is 114 Å². The fraction of sp³-hybridized carbons (Fsp3) is 0.527. The average molecular weight is 1100 g/mol. The van der Waals surface area contributed by atoms with E-state index in [-0.39, 0.29) is 72.7 Å².